The van der Waals surface area contributed by atoms with Gasteiger partial charge in [-0.2, -0.15) is 0 Å². The van der Waals surface area contributed by atoms with E-state index < -0.39 is 5.82 Å². The van der Waals surface area contributed by atoms with Crippen LogP contribution in [0.5, 0.6) is 0 Å². The van der Waals surface area contributed by atoms with Gasteiger partial charge in [-0.1, -0.05) is 28.4 Å². The zero-order valence-corrected chi connectivity index (χ0v) is 7.27. The van der Waals surface area contributed by atoms with Gasteiger partial charge in [0.25, 0.3) is 0 Å². The Morgan fingerprint density at radius 3 is 2.67 bits per heavy atom. The van der Waals surface area contributed by atoms with Crippen molar-refractivity contribution in [2.45, 2.75) is 0 Å². The fraction of sp³-hybridized carbons (Fsp3) is 0. The molecule has 1 aromatic rings. The number of hydrogen-bond acceptors (Lipinski definition) is 2. The molecule has 0 saturated heterocycles. The lowest BCUT2D eigenvalue weighted by Gasteiger charge is -2.00. The van der Waals surface area contributed by atoms with E-state index in [-0.39, 0.29) is 15.6 Å². The number of halogens is 3. The summed E-state index contributed by atoms with van der Waals surface area (Å²) < 4.78 is 12.7. The molecule has 5 heteroatoms. The maximum absolute atomic E-state index is 12.7. The quantitative estimate of drug-likeness (QED) is 0.327. The Morgan fingerprint density at radius 1 is 1.42 bits per heavy atom. The van der Waals surface area contributed by atoms with Gasteiger partial charge in [0.15, 0.2) is 0 Å². The molecule has 0 fully saturated rings. The molecule has 1 rings (SSSR count). The highest BCUT2D eigenvalue weighted by atomic mass is 35.5. The maximum atomic E-state index is 12.7. The van der Waals surface area contributed by atoms with Crippen LogP contribution in [0.3, 0.4) is 0 Å². The summed E-state index contributed by atoms with van der Waals surface area (Å²) in [5.41, 5.74) is 0.167. The van der Waals surface area contributed by atoms with Crippen LogP contribution in [-0.2, 0) is 0 Å². The monoisotopic (exact) mass is 207 g/mol. The molecular formula is C7H4Cl2FNO. The summed E-state index contributed by atoms with van der Waals surface area (Å²) in [5, 5.41) is 11.0. The average Bonchev–Trinajstić information content (AvgIpc) is 2.06. The summed E-state index contributed by atoms with van der Waals surface area (Å²) in [5.74, 6) is -0.601. The van der Waals surface area contributed by atoms with Crippen molar-refractivity contribution in [2.75, 3.05) is 0 Å². The van der Waals surface area contributed by atoms with Crippen LogP contribution in [0, 0.1) is 5.82 Å². The first-order chi connectivity index (χ1) is 5.66. The Morgan fingerprint density at radius 2 is 2.08 bits per heavy atom. The average molecular weight is 208 g/mol. The minimum atomic E-state index is -0.601. The van der Waals surface area contributed by atoms with E-state index in [0.29, 0.717) is 0 Å². The van der Waals surface area contributed by atoms with Crippen molar-refractivity contribution in [1.29, 1.82) is 0 Å². The largest absolute Gasteiger partial charge is 0.411 e. The van der Waals surface area contributed by atoms with Crippen LogP contribution in [0.4, 0.5) is 4.39 Å². The van der Waals surface area contributed by atoms with Gasteiger partial charge in [-0.25, -0.2) is 4.39 Å². The third-order valence-electron chi connectivity index (χ3n) is 1.27. The van der Waals surface area contributed by atoms with Crippen molar-refractivity contribution in [1.82, 2.24) is 0 Å². The molecule has 0 radical (unpaired) electrons. The van der Waals surface area contributed by atoms with Crippen molar-refractivity contribution in [3.8, 4) is 0 Å². The van der Waals surface area contributed by atoms with E-state index in [2.05, 4.69) is 5.16 Å². The second kappa shape index (κ2) is 3.74. The van der Waals surface area contributed by atoms with Gasteiger partial charge >= 0.3 is 0 Å². The molecule has 0 amide bonds. The summed E-state index contributed by atoms with van der Waals surface area (Å²) in [6.45, 7) is 0. The van der Waals surface area contributed by atoms with Crippen LogP contribution in [0.25, 0.3) is 0 Å². The lowest BCUT2D eigenvalue weighted by molar-refractivity contribution is 0.322. The van der Waals surface area contributed by atoms with E-state index in [0.717, 1.165) is 12.3 Å². The molecule has 0 heterocycles. The number of nitrogens with zero attached hydrogens (tertiary/aromatic N) is 1. The Bertz CT molecular complexity index is 327. The van der Waals surface area contributed by atoms with Crippen molar-refractivity contribution in [3.63, 3.8) is 0 Å². The van der Waals surface area contributed by atoms with Crippen LogP contribution in [-0.4, -0.2) is 11.4 Å². The number of benzene rings is 1. The summed E-state index contributed by atoms with van der Waals surface area (Å²) in [4.78, 5) is 0. The van der Waals surface area contributed by atoms with Crippen molar-refractivity contribution in [3.05, 3.63) is 33.6 Å². The Labute approximate surface area is 78.2 Å². The van der Waals surface area contributed by atoms with Crippen LogP contribution in [0.2, 0.25) is 10.0 Å². The van der Waals surface area contributed by atoms with Gasteiger partial charge in [-0.3, -0.25) is 0 Å². The third-order valence-corrected chi connectivity index (χ3v) is 1.98. The fourth-order valence-corrected chi connectivity index (χ4v) is 1.19. The highest BCUT2D eigenvalue weighted by Crippen LogP contribution is 2.25. The smallest absolute Gasteiger partial charge is 0.142 e. The maximum Gasteiger partial charge on any atom is 0.142 e. The standard InChI is InChI=1S/C7H4Cl2FNO/c8-5-1-2-6(10)7(9)4(5)3-11-12/h1-3,12H. The van der Waals surface area contributed by atoms with E-state index in [1.807, 2.05) is 0 Å². The van der Waals surface area contributed by atoms with Gasteiger partial charge < -0.3 is 5.21 Å². The van der Waals surface area contributed by atoms with E-state index in [9.17, 15) is 4.39 Å². The van der Waals surface area contributed by atoms with Crippen molar-refractivity contribution < 1.29 is 9.60 Å². The molecule has 0 unspecified atom stereocenters. The van der Waals surface area contributed by atoms with E-state index in [4.69, 9.17) is 28.4 Å². The predicted octanol–water partition coefficient (Wildman–Crippen LogP) is 2.94. The molecule has 0 aliphatic carbocycles. The van der Waals surface area contributed by atoms with Crippen LogP contribution >= 0.6 is 23.2 Å². The molecule has 12 heavy (non-hydrogen) atoms. The summed E-state index contributed by atoms with van der Waals surface area (Å²) in [6.07, 6.45) is 0.980. The fourth-order valence-electron chi connectivity index (χ4n) is 0.719. The molecule has 64 valence electrons. The van der Waals surface area contributed by atoms with Gasteiger partial charge in [-0.05, 0) is 12.1 Å². The normalized spacial score (nSPS) is 10.9. The van der Waals surface area contributed by atoms with Gasteiger partial charge in [0.1, 0.15) is 5.82 Å². The Kier molecular flexibility index (Phi) is 2.89. The lowest BCUT2D eigenvalue weighted by atomic mass is 10.2. The van der Waals surface area contributed by atoms with Gasteiger partial charge in [0.2, 0.25) is 0 Å². The zero-order valence-electron chi connectivity index (χ0n) is 5.76. The van der Waals surface area contributed by atoms with E-state index >= 15 is 0 Å². The predicted molar refractivity (Wildman–Crippen MR) is 45.8 cm³/mol. The molecule has 2 nitrogen and oxygen atoms in total. The van der Waals surface area contributed by atoms with Crippen molar-refractivity contribution in [2.24, 2.45) is 5.16 Å². The molecule has 0 bridgehead atoms. The van der Waals surface area contributed by atoms with Crippen LogP contribution < -0.4 is 0 Å². The van der Waals surface area contributed by atoms with Gasteiger partial charge in [0, 0.05) is 5.56 Å². The van der Waals surface area contributed by atoms with Crippen LogP contribution in [0.15, 0.2) is 17.3 Å². The molecule has 0 aliphatic rings. The summed E-state index contributed by atoms with van der Waals surface area (Å²) in [6, 6.07) is 2.47. The second-order valence-corrected chi connectivity index (χ2v) is 2.79. The highest BCUT2D eigenvalue weighted by molar-refractivity contribution is 6.38. The molecule has 0 aliphatic heterocycles. The lowest BCUT2D eigenvalue weighted by Crippen LogP contribution is -1.88. The first-order valence-corrected chi connectivity index (χ1v) is 3.73. The number of oxime groups is 1. The van der Waals surface area contributed by atoms with E-state index in [1.165, 1.54) is 6.07 Å². The Hall–Kier alpha value is -0.800. The molecule has 0 atom stereocenters. The minimum absolute atomic E-state index is 0.152. The van der Waals surface area contributed by atoms with E-state index in [1.54, 1.807) is 0 Å². The van der Waals surface area contributed by atoms with Crippen molar-refractivity contribution >= 4 is 29.4 Å². The first kappa shape index (κ1) is 9.29. The minimum Gasteiger partial charge on any atom is -0.411 e. The molecule has 0 saturated carbocycles. The molecule has 1 aromatic carbocycles. The number of rotatable bonds is 1. The molecule has 0 aromatic heterocycles. The second-order valence-electron chi connectivity index (χ2n) is 2.00. The Balaban J connectivity index is 3.32. The van der Waals surface area contributed by atoms with Gasteiger partial charge in [0.05, 0.1) is 16.3 Å². The highest BCUT2D eigenvalue weighted by Gasteiger charge is 2.08. The molecule has 0 spiro atoms. The third kappa shape index (κ3) is 1.68. The zero-order chi connectivity index (χ0) is 9.14. The summed E-state index contributed by atoms with van der Waals surface area (Å²) >= 11 is 11.1. The first-order valence-electron chi connectivity index (χ1n) is 2.97. The number of hydrogen-bond donors (Lipinski definition) is 1. The van der Waals surface area contributed by atoms with Gasteiger partial charge in [-0.15, -0.1) is 0 Å². The SMILES string of the molecule is ON=Cc1c(Cl)ccc(F)c1Cl. The molecular weight excluding hydrogens is 204 g/mol. The van der Waals surface area contributed by atoms with Crippen LogP contribution in [0.1, 0.15) is 5.56 Å². The molecule has 1 N–H and O–H groups in total. The topological polar surface area (TPSA) is 32.6 Å². The summed E-state index contributed by atoms with van der Waals surface area (Å²) in [7, 11) is 0.